The summed E-state index contributed by atoms with van der Waals surface area (Å²) in [6.45, 7) is 0. The van der Waals surface area contributed by atoms with Gasteiger partial charge in [0.05, 0.1) is 0 Å². The highest BCUT2D eigenvalue weighted by Crippen LogP contribution is 2.47. The number of benzene rings is 3. The number of halogens is 1. The van der Waals surface area contributed by atoms with E-state index >= 15 is 0 Å². The molecule has 0 aromatic heterocycles. The van der Waals surface area contributed by atoms with Crippen LogP contribution in [0.2, 0.25) is 0 Å². The van der Waals surface area contributed by atoms with Crippen molar-refractivity contribution < 1.29 is 4.39 Å². The molecule has 3 aromatic rings. The van der Waals surface area contributed by atoms with E-state index in [-0.39, 0.29) is 5.82 Å². The van der Waals surface area contributed by atoms with Crippen LogP contribution >= 0.6 is 7.05 Å². The molecule has 0 unspecified atom stereocenters. The Kier molecular flexibility index (Phi) is 4.22. The van der Waals surface area contributed by atoms with Crippen LogP contribution in [0.15, 0.2) is 84.9 Å². The number of rotatable bonds is 4. The predicted octanol–water partition coefficient (Wildman–Crippen LogP) is 4.76. The highest BCUT2D eigenvalue weighted by molar-refractivity contribution is 7.79. The molecular formula is C19H17FNP. The van der Waals surface area contributed by atoms with Crippen molar-refractivity contribution in [3.63, 3.8) is 0 Å². The third kappa shape index (κ3) is 3.03. The standard InChI is InChI=1S/C19H17FNP/c20-17-13-11-16(12-14-17)15-22(21,18-7-3-1-4-8-18)19-9-5-2-6-10-19/h1-14,21H,15H2. The molecule has 0 fully saturated rings. The maximum absolute atomic E-state index is 13.1. The molecule has 0 atom stereocenters. The van der Waals surface area contributed by atoms with Crippen molar-refractivity contribution in [3.8, 4) is 0 Å². The minimum Gasteiger partial charge on any atom is -0.309 e. The Balaban J connectivity index is 2.08. The molecule has 0 aliphatic carbocycles. The Hall–Kier alpha value is -2.18. The van der Waals surface area contributed by atoms with Gasteiger partial charge < -0.3 is 5.16 Å². The SMILES string of the molecule is N=P(Cc1ccc(F)cc1)(c1ccccc1)c1ccccc1. The van der Waals surface area contributed by atoms with E-state index in [2.05, 4.69) is 0 Å². The van der Waals surface area contributed by atoms with Crippen molar-refractivity contribution in [2.24, 2.45) is 0 Å². The van der Waals surface area contributed by atoms with E-state index in [1.54, 1.807) is 12.1 Å². The van der Waals surface area contributed by atoms with Crippen LogP contribution in [-0.4, -0.2) is 0 Å². The zero-order valence-corrected chi connectivity index (χ0v) is 13.0. The fraction of sp³-hybridized carbons (Fsp3) is 0.0526. The van der Waals surface area contributed by atoms with Crippen LogP contribution in [0, 0.1) is 11.0 Å². The Morgan fingerprint density at radius 2 is 1.14 bits per heavy atom. The zero-order chi connectivity index (χ0) is 15.4. The minimum absolute atomic E-state index is 0.239. The molecule has 0 bridgehead atoms. The Morgan fingerprint density at radius 3 is 1.59 bits per heavy atom. The smallest absolute Gasteiger partial charge is 0.123 e. The van der Waals surface area contributed by atoms with Crippen LogP contribution in [0.25, 0.3) is 0 Å². The third-order valence-electron chi connectivity index (χ3n) is 3.73. The fourth-order valence-corrected chi connectivity index (χ4v) is 5.34. The number of hydrogen-bond acceptors (Lipinski definition) is 1. The van der Waals surface area contributed by atoms with Crippen molar-refractivity contribution in [2.75, 3.05) is 0 Å². The average Bonchev–Trinajstić information content (AvgIpc) is 2.58. The van der Waals surface area contributed by atoms with Crippen molar-refractivity contribution in [2.45, 2.75) is 6.16 Å². The summed E-state index contributed by atoms with van der Waals surface area (Å²) in [5.41, 5.74) is 0.998. The first-order valence-electron chi connectivity index (χ1n) is 7.17. The van der Waals surface area contributed by atoms with Gasteiger partial charge in [0.2, 0.25) is 0 Å². The maximum atomic E-state index is 13.1. The van der Waals surface area contributed by atoms with E-state index in [0.717, 1.165) is 16.2 Å². The van der Waals surface area contributed by atoms with Crippen molar-refractivity contribution in [1.29, 1.82) is 5.16 Å². The second-order valence-corrected chi connectivity index (χ2v) is 8.23. The molecule has 0 radical (unpaired) electrons. The summed E-state index contributed by atoms with van der Waals surface area (Å²) in [5, 5.41) is 11.3. The second kappa shape index (κ2) is 6.29. The van der Waals surface area contributed by atoms with Gasteiger partial charge in [0.1, 0.15) is 5.82 Å². The van der Waals surface area contributed by atoms with Gasteiger partial charge in [-0.15, -0.1) is 0 Å². The van der Waals surface area contributed by atoms with E-state index in [9.17, 15) is 9.55 Å². The van der Waals surface area contributed by atoms with Crippen molar-refractivity contribution >= 4 is 17.7 Å². The van der Waals surface area contributed by atoms with Gasteiger partial charge >= 0.3 is 0 Å². The van der Waals surface area contributed by atoms with Crippen LogP contribution in [0.3, 0.4) is 0 Å². The Labute approximate surface area is 130 Å². The molecule has 1 N–H and O–H groups in total. The van der Waals surface area contributed by atoms with E-state index in [4.69, 9.17) is 0 Å². The largest absolute Gasteiger partial charge is 0.309 e. The Morgan fingerprint density at radius 1 is 0.682 bits per heavy atom. The van der Waals surface area contributed by atoms with E-state index in [0.29, 0.717) is 6.16 Å². The molecule has 0 heterocycles. The first-order valence-corrected chi connectivity index (χ1v) is 9.15. The summed E-state index contributed by atoms with van der Waals surface area (Å²) < 4.78 is 13.1. The molecule has 0 aliphatic rings. The van der Waals surface area contributed by atoms with Gasteiger partial charge in [0.15, 0.2) is 0 Å². The lowest BCUT2D eigenvalue weighted by Crippen LogP contribution is -2.17. The van der Waals surface area contributed by atoms with Crippen LogP contribution in [0.4, 0.5) is 4.39 Å². The van der Waals surface area contributed by atoms with Crippen LogP contribution in [-0.2, 0) is 6.16 Å². The summed E-state index contributed by atoms with van der Waals surface area (Å²) >= 11 is 0. The predicted molar refractivity (Wildman–Crippen MR) is 91.9 cm³/mol. The average molecular weight is 309 g/mol. The van der Waals surface area contributed by atoms with E-state index < -0.39 is 7.05 Å². The molecular weight excluding hydrogens is 292 g/mol. The van der Waals surface area contributed by atoms with Gasteiger partial charge in [0, 0.05) is 13.2 Å². The monoisotopic (exact) mass is 309 g/mol. The number of nitrogens with one attached hydrogen (secondary N) is 1. The molecule has 1 nitrogen and oxygen atoms in total. The maximum Gasteiger partial charge on any atom is 0.123 e. The summed E-state index contributed by atoms with van der Waals surface area (Å²) in [5.74, 6) is -0.239. The highest BCUT2D eigenvalue weighted by Gasteiger charge is 2.22. The first kappa shape index (κ1) is 14.7. The summed E-state index contributed by atoms with van der Waals surface area (Å²) in [6, 6.07) is 26.5. The zero-order valence-electron chi connectivity index (χ0n) is 12.1. The molecule has 0 saturated heterocycles. The lowest BCUT2D eigenvalue weighted by atomic mass is 10.2. The third-order valence-corrected chi connectivity index (χ3v) is 6.93. The second-order valence-electron chi connectivity index (χ2n) is 5.27. The summed E-state index contributed by atoms with van der Waals surface area (Å²) in [7, 11) is -2.28. The molecule has 0 amide bonds. The van der Waals surface area contributed by atoms with Crippen LogP contribution in [0.5, 0.6) is 0 Å². The lowest BCUT2D eigenvalue weighted by molar-refractivity contribution is 0.627. The molecule has 110 valence electrons. The van der Waals surface area contributed by atoms with Crippen molar-refractivity contribution in [3.05, 3.63) is 96.3 Å². The topological polar surface area (TPSA) is 23.9 Å². The molecule has 3 aromatic carbocycles. The molecule has 22 heavy (non-hydrogen) atoms. The summed E-state index contributed by atoms with van der Waals surface area (Å²) in [4.78, 5) is 0. The molecule has 3 heteroatoms. The molecule has 0 saturated carbocycles. The normalized spacial score (nSPS) is 11.3. The van der Waals surface area contributed by atoms with Gasteiger partial charge in [-0.3, -0.25) is 0 Å². The van der Waals surface area contributed by atoms with Gasteiger partial charge in [-0.1, -0.05) is 72.8 Å². The Bertz CT molecular complexity index is 739. The van der Waals surface area contributed by atoms with E-state index in [1.807, 2.05) is 60.7 Å². The van der Waals surface area contributed by atoms with E-state index in [1.165, 1.54) is 12.1 Å². The minimum atomic E-state index is -2.28. The quantitative estimate of drug-likeness (QED) is 0.672. The molecule has 0 spiro atoms. The van der Waals surface area contributed by atoms with Gasteiger partial charge in [-0.25, -0.2) is 4.39 Å². The van der Waals surface area contributed by atoms with Crippen LogP contribution < -0.4 is 10.6 Å². The first-order chi connectivity index (χ1) is 10.7. The molecule has 3 rings (SSSR count). The number of hydrogen-bond donors (Lipinski definition) is 1. The molecule has 0 aliphatic heterocycles. The van der Waals surface area contributed by atoms with Gasteiger partial charge in [-0.2, -0.15) is 0 Å². The lowest BCUT2D eigenvalue weighted by Gasteiger charge is -2.23. The van der Waals surface area contributed by atoms with Gasteiger partial charge in [0.25, 0.3) is 0 Å². The van der Waals surface area contributed by atoms with Gasteiger partial charge in [-0.05, 0) is 28.3 Å². The highest BCUT2D eigenvalue weighted by atomic mass is 31.2. The van der Waals surface area contributed by atoms with Crippen LogP contribution in [0.1, 0.15) is 5.56 Å². The summed E-state index contributed by atoms with van der Waals surface area (Å²) in [6.07, 6.45) is 0.612. The van der Waals surface area contributed by atoms with Crippen molar-refractivity contribution in [1.82, 2.24) is 0 Å². The fourth-order valence-electron chi connectivity index (χ4n) is 2.56.